The highest BCUT2D eigenvalue weighted by atomic mass is 16.5. The van der Waals surface area contributed by atoms with Crippen molar-refractivity contribution < 1.29 is 14.3 Å². The van der Waals surface area contributed by atoms with Gasteiger partial charge in [-0.15, -0.1) is 0 Å². The van der Waals surface area contributed by atoms with Gasteiger partial charge < -0.3 is 25.0 Å². The molecule has 10 heteroatoms. The van der Waals surface area contributed by atoms with E-state index in [1.165, 1.54) is 6.08 Å². The summed E-state index contributed by atoms with van der Waals surface area (Å²) in [5.41, 5.74) is 4.35. The number of nitrogens with zero attached hydrogens (tertiary/aromatic N) is 5. The summed E-state index contributed by atoms with van der Waals surface area (Å²) in [6.45, 7) is 6.41. The number of nitrogens with one attached hydrogen (secondary N) is 2. The van der Waals surface area contributed by atoms with Crippen LogP contribution in [0.4, 0.5) is 23.1 Å². The number of benzene rings is 1. The fourth-order valence-corrected chi connectivity index (χ4v) is 3.96. The number of morpholine rings is 1. The van der Waals surface area contributed by atoms with Gasteiger partial charge >= 0.3 is 0 Å². The van der Waals surface area contributed by atoms with E-state index in [2.05, 4.69) is 37.1 Å². The zero-order valence-electron chi connectivity index (χ0n) is 19.8. The second-order valence-corrected chi connectivity index (χ2v) is 8.01. The third-order valence-corrected chi connectivity index (χ3v) is 5.73. The minimum atomic E-state index is -0.275. The molecule has 0 bridgehead atoms. The quantitative estimate of drug-likeness (QED) is 0.379. The molecule has 1 aliphatic rings. The van der Waals surface area contributed by atoms with Crippen LogP contribution in [0, 0.1) is 0 Å². The topological polar surface area (TPSA) is 114 Å². The summed E-state index contributed by atoms with van der Waals surface area (Å²) in [4.78, 5) is 32.1. The van der Waals surface area contributed by atoms with Gasteiger partial charge in [0.25, 0.3) is 0 Å². The molecule has 36 heavy (non-hydrogen) atoms. The Bertz CT molecular complexity index is 1420. The van der Waals surface area contributed by atoms with Gasteiger partial charge in [0.15, 0.2) is 0 Å². The van der Waals surface area contributed by atoms with Gasteiger partial charge in [0, 0.05) is 30.5 Å². The Morgan fingerprint density at radius 1 is 1.14 bits per heavy atom. The summed E-state index contributed by atoms with van der Waals surface area (Å²) in [7, 11) is 1.58. The Morgan fingerprint density at radius 3 is 2.81 bits per heavy atom. The number of carbonyl (C=O) groups excluding carboxylic acids is 1. The second kappa shape index (κ2) is 10.4. The average molecular weight is 484 g/mol. The normalized spacial score (nSPS) is 13.3. The minimum Gasteiger partial charge on any atom is -0.479 e. The van der Waals surface area contributed by atoms with Crippen molar-refractivity contribution in [1.29, 1.82) is 0 Å². The number of pyridine rings is 2. The molecule has 4 heterocycles. The van der Waals surface area contributed by atoms with Gasteiger partial charge in [-0.25, -0.2) is 9.97 Å². The Morgan fingerprint density at radius 2 is 2.00 bits per heavy atom. The molecule has 2 N–H and O–H groups in total. The van der Waals surface area contributed by atoms with E-state index < -0.39 is 0 Å². The molecule has 0 saturated carbocycles. The van der Waals surface area contributed by atoms with Gasteiger partial charge in [-0.1, -0.05) is 18.7 Å². The molecule has 0 radical (unpaired) electrons. The molecular formula is C26H25N7O3. The zero-order chi connectivity index (χ0) is 24.9. The van der Waals surface area contributed by atoms with Crippen molar-refractivity contribution in [2.75, 3.05) is 48.9 Å². The lowest BCUT2D eigenvalue weighted by atomic mass is 10.0. The summed E-state index contributed by atoms with van der Waals surface area (Å²) >= 11 is 0. The molecule has 3 aromatic heterocycles. The van der Waals surface area contributed by atoms with Crippen molar-refractivity contribution in [2.45, 2.75) is 0 Å². The van der Waals surface area contributed by atoms with E-state index in [1.807, 2.05) is 42.5 Å². The lowest BCUT2D eigenvalue weighted by Gasteiger charge is -2.28. The van der Waals surface area contributed by atoms with Crippen LogP contribution < -0.4 is 20.3 Å². The van der Waals surface area contributed by atoms with Gasteiger partial charge in [-0.2, -0.15) is 4.98 Å². The van der Waals surface area contributed by atoms with Crippen molar-refractivity contribution in [3.05, 3.63) is 67.5 Å². The van der Waals surface area contributed by atoms with E-state index in [0.29, 0.717) is 47.5 Å². The summed E-state index contributed by atoms with van der Waals surface area (Å²) in [5.74, 6) is 1.38. The summed E-state index contributed by atoms with van der Waals surface area (Å²) in [6, 6.07) is 13.2. The number of anilines is 4. The van der Waals surface area contributed by atoms with E-state index in [9.17, 15) is 4.79 Å². The number of ether oxygens (including phenoxy) is 2. The zero-order valence-corrected chi connectivity index (χ0v) is 19.8. The average Bonchev–Trinajstić information content (AvgIpc) is 2.93. The van der Waals surface area contributed by atoms with Crippen molar-refractivity contribution in [3.8, 4) is 17.0 Å². The van der Waals surface area contributed by atoms with E-state index >= 15 is 0 Å². The smallest absolute Gasteiger partial charge is 0.247 e. The van der Waals surface area contributed by atoms with E-state index in [4.69, 9.17) is 14.5 Å². The minimum absolute atomic E-state index is 0.275. The number of aromatic nitrogens is 4. The molecule has 1 fully saturated rings. The molecule has 182 valence electrons. The van der Waals surface area contributed by atoms with Crippen molar-refractivity contribution in [1.82, 2.24) is 19.9 Å². The number of amides is 1. The summed E-state index contributed by atoms with van der Waals surface area (Å²) < 4.78 is 11.0. The highest BCUT2D eigenvalue weighted by Gasteiger charge is 2.16. The van der Waals surface area contributed by atoms with Crippen LogP contribution in [-0.2, 0) is 9.53 Å². The van der Waals surface area contributed by atoms with Crippen LogP contribution in [0.3, 0.4) is 0 Å². The number of methoxy groups -OCH3 is 1. The molecular weight excluding hydrogens is 458 g/mol. The molecule has 0 spiro atoms. The Kier molecular flexibility index (Phi) is 6.67. The van der Waals surface area contributed by atoms with Crippen molar-refractivity contribution in [2.24, 2.45) is 0 Å². The highest BCUT2D eigenvalue weighted by molar-refractivity contribution is 6.00. The lowest BCUT2D eigenvalue weighted by molar-refractivity contribution is -0.111. The number of fused-ring (bicyclic) bond motifs is 1. The van der Waals surface area contributed by atoms with E-state index in [0.717, 1.165) is 30.0 Å². The van der Waals surface area contributed by atoms with Crippen molar-refractivity contribution in [3.63, 3.8) is 0 Å². The van der Waals surface area contributed by atoms with Gasteiger partial charge in [0.1, 0.15) is 22.5 Å². The highest BCUT2D eigenvalue weighted by Crippen LogP contribution is 2.31. The van der Waals surface area contributed by atoms with Crippen LogP contribution >= 0.6 is 0 Å². The first-order valence-electron chi connectivity index (χ1n) is 11.4. The Hall–Kier alpha value is -4.57. The predicted molar refractivity (Wildman–Crippen MR) is 139 cm³/mol. The van der Waals surface area contributed by atoms with Gasteiger partial charge in [0.05, 0.1) is 26.5 Å². The summed E-state index contributed by atoms with van der Waals surface area (Å²) in [6.07, 6.45) is 4.61. The van der Waals surface area contributed by atoms with Gasteiger partial charge in [-0.3, -0.25) is 9.78 Å². The van der Waals surface area contributed by atoms with Crippen LogP contribution in [-0.4, -0.2) is 59.3 Å². The lowest BCUT2D eigenvalue weighted by Crippen LogP contribution is -2.36. The molecule has 1 aromatic carbocycles. The maximum Gasteiger partial charge on any atom is 0.247 e. The summed E-state index contributed by atoms with van der Waals surface area (Å²) in [5, 5.41) is 6.01. The van der Waals surface area contributed by atoms with Crippen LogP contribution in [0.15, 0.2) is 67.5 Å². The van der Waals surface area contributed by atoms with Gasteiger partial charge in [0.2, 0.25) is 17.7 Å². The number of hydrogen-bond acceptors (Lipinski definition) is 9. The fraction of sp³-hybridized carbons (Fsp3) is 0.192. The monoisotopic (exact) mass is 483 g/mol. The Labute approximate surface area is 208 Å². The molecule has 4 aromatic rings. The van der Waals surface area contributed by atoms with E-state index in [-0.39, 0.29) is 5.91 Å². The number of rotatable bonds is 7. The molecule has 5 rings (SSSR count). The first kappa shape index (κ1) is 23.2. The third-order valence-electron chi connectivity index (χ3n) is 5.73. The maximum absolute atomic E-state index is 11.7. The molecule has 0 unspecified atom stereocenters. The number of hydrogen-bond donors (Lipinski definition) is 2. The first-order chi connectivity index (χ1) is 17.6. The fourth-order valence-electron chi connectivity index (χ4n) is 3.96. The molecule has 0 atom stereocenters. The van der Waals surface area contributed by atoms with Crippen LogP contribution in [0.1, 0.15) is 0 Å². The molecule has 10 nitrogen and oxygen atoms in total. The van der Waals surface area contributed by atoms with Crippen LogP contribution in [0.5, 0.6) is 5.88 Å². The largest absolute Gasteiger partial charge is 0.479 e. The molecule has 1 aliphatic heterocycles. The third kappa shape index (κ3) is 4.93. The molecule has 1 amide bonds. The standard InChI is InChI=1S/C26H25N7O3/c1-3-23(34)29-18-6-4-5-17(15-18)19-9-10-27-21-16-28-26(32-24(19)21)30-20-7-8-22(31-25(20)35-2)33-11-13-36-14-12-33/h3-10,15-16H,1,11-14H2,2H3,(H,29,34)(H,28,30,32). The van der Waals surface area contributed by atoms with Gasteiger partial charge in [-0.05, 0) is 42.0 Å². The molecule has 1 saturated heterocycles. The van der Waals surface area contributed by atoms with Crippen LogP contribution in [0.2, 0.25) is 0 Å². The van der Waals surface area contributed by atoms with E-state index in [1.54, 1.807) is 19.5 Å². The predicted octanol–water partition coefficient (Wildman–Crippen LogP) is 3.80. The van der Waals surface area contributed by atoms with Crippen LogP contribution in [0.25, 0.3) is 22.2 Å². The SMILES string of the molecule is C=CC(=O)Nc1cccc(-c2ccnc3cnc(Nc4ccc(N5CCOCC5)nc4OC)nc23)c1. The Balaban J connectivity index is 1.46. The number of carbonyl (C=O) groups is 1. The van der Waals surface area contributed by atoms with Crippen molar-refractivity contribution >= 4 is 40.1 Å². The first-order valence-corrected chi connectivity index (χ1v) is 11.4. The second-order valence-electron chi connectivity index (χ2n) is 8.01. The maximum atomic E-state index is 11.7. The molecule has 0 aliphatic carbocycles.